The van der Waals surface area contributed by atoms with Crippen LogP contribution in [0.4, 0.5) is 0 Å². The molecule has 24 heavy (non-hydrogen) atoms. The van der Waals surface area contributed by atoms with E-state index >= 15 is 0 Å². The van der Waals surface area contributed by atoms with E-state index in [0.717, 1.165) is 18.4 Å². The van der Waals surface area contributed by atoms with E-state index in [0.29, 0.717) is 36.1 Å². The number of oxazole rings is 1. The van der Waals surface area contributed by atoms with Gasteiger partial charge in [-0.25, -0.2) is 4.98 Å². The Bertz CT molecular complexity index is 680. The maximum Gasteiger partial charge on any atom is 0.220 e. The van der Waals surface area contributed by atoms with Crippen molar-refractivity contribution in [3.63, 3.8) is 0 Å². The minimum absolute atomic E-state index is 0.0516. The Labute approximate surface area is 147 Å². The summed E-state index contributed by atoms with van der Waals surface area (Å²) in [6.45, 7) is 4.53. The number of hydrogen-bond donors (Lipinski definition) is 2. The maximum absolute atomic E-state index is 12.0. The molecule has 0 fully saturated rings. The van der Waals surface area contributed by atoms with E-state index in [2.05, 4.69) is 10.3 Å². The van der Waals surface area contributed by atoms with Gasteiger partial charge in [-0.1, -0.05) is 37.6 Å². The first-order valence-corrected chi connectivity index (χ1v) is 8.60. The third-order valence-electron chi connectivity index (χ3n) is 4.30. The van der Waals surface area contributed by atoms with Gasteiger partial charge in [-0.2, -0.15) is 0 Å². The number of nitrogens with one attached hydrogen (secondary N) is 1. The van der Waals surface area contributed by atoms with Gasteiger partial charge in [0.25, 0.3) is 0 Å². The highest BCUT2D eigenvalue weighted by Gasteiger charge is 2.21. The van der Waals surface area contributed by atoms with Crippen molar-refractivity contribution in [1.29, 1.82) is 0 Å². The standard InChI is InChI=1S/C18H24ClN3O2/c1-3-18(20,4-2)12-22-16(23)9-10-17-21-11-15(24-17)13-7-5-6-8-14(13)19/h5-8,11H,3-4,9-10,12,20H2,1-2H3,(H,22,23). The Morgan fingerprint density at radius 1 is 1.33 bits per heavy atom. The zero-order chi connectivity index (χ0) is 17.6. The summed E-state index contributed by atoms with van der Waals surface area (Å²) in [5.41, 5.74) is 6.63. The summed E-state index contributed by atoms with van der Waals surface area (Å²) in [5, 5.41) is 3.50. The molecule has 2 rings (SSSR count). The molecule has 5 nitrogen and oxygen atoms in total. The highest BCUT2D eigenvalue weighted by molar-refractivity contribution is 6.33. The molecule has 0 bridgehead atoms. The summed E-state index contributed by atoms with van der Waals surface area (Å²) >= 11 is 6.14. The predicted molar refractivity (Wildman–Crippen MR) is 95.8 cm³/mol. The Morgan fingerprint density at radius 3 is 2.71 bits per heavy atom. The van der Waals surface area contributed by atoms with Gasteiger partial charge in [0, 0.05) is 30.5 Å². The second-order valence-corrected chi connectivity index (χ2v) is 6.35. The molecule has 1 heterocycles. The number of amides is 1. The van der Waals surface area contributed by atoms with Crippen LogP contribution in [0.2, 0.25) is 5.02 Å². The van der Waals surface area contributed by atoms with Gasteiger partial charge in [-0.05, 0) is 25.0 Å². The zero-order valence-electron chi connectivity index (χ0n) is 14.1. The molecule has 3 N–H and O–H groups in total. The summed E-state index contributed by atoms with van der Waals surface area (Å²) in [4.78, 5) is 16.2. The smallest absolute Gasteiger partial charge is 0.220 e. The summed E-state index contributed by atoms with van der Waals surface area (Å²) in [7, 11) is 0. The van der Waals surface area contributed by atoms with Crippen LogP contribution in [-0.4, -0.2) is 23.0 Å². The average molecular weight is 350 g/mol. The molecular weight excluding hydrogens is 326 g/mol. The van der Waals surface area contributed by atoms with Crippen LogP contribution in [0.25, 0.3) is 11.3 Å². The van der Waals surface area contributed by atoms with Crippen LogP contribution in [0.3, 0.4) is 0 Å². The van der Waals surface area contributed by atoms with E-state index in [1.807, 2.05) is 32.0 Å². The topological polar surface area (TPSA) is 81.1 Å². The van der Waals surface area contributed by atoms with Gasteiger partial charge in [0.2, 0.25) is 5.91 Å². The molecule has 6 heteroatoms. The van der Waals surface area contributed by atoms with E-state index in [4.69, 9.17) is 21.8 Å². The van der Waals surface area contributed by atoms with E-state index in [1.165, 1.54) is 0 Å². The fourth-order valence-corrected chi connectivity index (χ4v) is 2.52. The van der Waals surface area contributed by atoms with Gasteiger partial charge in [0.15, 0.2) is 11.7 Å². The lowest BCUT2D eigenvalue weighted by atomic mass is 9.94. The third-order valence-corrected chi connectivity index (χ3v) is 4.63. The number of rotatable bonds is 8. The average Bonchev–Trinajstić information content (AvgIpc) is 3.07. The Balaban J connectivity index is 1.87. The van der Waals surface area contributed by atoms with Crippen molar-refractivity contribution in [2.75, 3.05) is 6.54 Å². The Hall–Kier alpha value is -1.85. The molecule has 0 saturated heterocycles. The van der Waals surface area contributed by atoms with Crippen LogP contribution in [0.15, 0.2) is 34.9 Å². The molecule has 130 valence electrons. The van der Waals surface area contributed by atoms with Crippen molar-refractivity contribution >= 4 is 17.5 Å². The van der Waals surface area contributed by atoms with Crippen molar-refractivity contribution in [2.45, 2.75) is 45.1 Å². The first kappa shape index (κ1) is 18.5. The minimum atomic E-state index is -0.337. The molecule has 0 aliphatic rings. The molecule has 1 aromatic heterocycles. The lowest BCUT2D eigenvalue weighted by Gasteiger charge is -2.26. The second-order valence-electron chi connectivity index (χ2n) is 5.94. The lowest BCUT2D eigenvalue weighted by Crippen LogP contribution is -2.49. The lowest BCUT2D eigenvalue weighted by molar-refractivity contribution is -0.121. The summed E-state index contributed by atoms with van der Waals surface area (Å²) in [5.74, 6) is 1.07. The second kappa shape index (κ2) is 8.31. The minimum Gasteiger partial charge on any atom is -0.441 e. The van der Waals surface area contributed by atoms with Crippen LogP contribution in [0.5, 0.6) is 0 Å². The number of hydrogen-bond acceptors (Lipinski definition) is 4. The van der Waals surface area contributed by atoms with Crippen LogP contribution >= 0.6 is 11.6 Å². The number of aromatic nitrogens is 1. The summed E-state index contributed by atoms with van der Waals surface area (Å²) in [6.07, 6.45) is 4.03. The fourth-order valence-electron chi connectivity index (χ4n) is 2.29. The number of nitrogens with zero attached hydrogens (tertiary/aromatic N) is 1. The van der Waals surface area contributed by atoms with E-state index < -0.39 is 0 Å². The van der Waals surface area contributed by atoms with Gasteiger partial charge in [-0.3, -0.25) is 4.79 Å². The SMILES string of the molecule is CCC(N)(CC)CNC(=O)CCc1ncc(-c2ccccc2Cl)o1. The number of nitrogens with two attached hydrogens (primary N) is 1. The summed E-state index contributed by atoms with van der Waals surface area (Å²) in [6, 6.07) is 7.41. The van der Waals surface area contributed by atoms with E-state index in [-0.39, 0.29) is 11.4 Å². The molecular formula is C18H24ClN3O2. The van der Waals surface area contributed by atoms with Crippen molar-refractivity contribution < 1.29 is 9.21 Å². The molecule has 0 radical (unpaired) electrons. The van der Waals surface area contributed by atoms with Crippen molar-refractivity contribution in [1.82, 2.24) is 10.3 Å². The Kier molecular flexibility index (Phi) is 6.40. The molecule has 0 unspecified atom stereocenters. The monoisotopic (exact) mass is 349 g/mol. The van der Waals surface area contributed by atoms with Gasteiger partial charge < -0.3 is 15.5 Å². The molecule has 0 spiro atoms. The number of benzene rings is 1. The number of carbonyl (C=O) groups is 1. The van der Waals surface area contributed by atoms with Crippen molar-refractivity contribution in [2.24, 2.45) is 5.73 Å². The quantitative estimate of drug-likeness (QED) is 0.763. The maximum atomic E-state index is 12.0. The number of halogens is 1. The molecule has 0 aliphatic carbocycles. The number of carbonyl (C=O) groups excluding carboxylic acids is 1. The molecule has 0 aliphatic heterocycles. The van der Waals surface area contributed by atoms with Gasteiger partial charge in [-0.15, -0.1) is 0 Å². The van der Waals surface area contributed by atoms with E-state index in [1.54, 1.807) is 12.3 Å². The highest BCUT2D eigenvalue weighted by atomic mass is 35.5. The normalized spacial score (nSPS) is 11.5. The number of aryl methyl sites for hydroxylation is 1. The van der Waals surface area contributed by atoms with Gasteiger partial charge in [0.05, 0.1) is 11.2 Å². The largest absolute Gasteiger partial charge is 0.441 e. The van der Waals surface area contributed by atoms with Gasteiger partial charge >= 0.3 is 0 Å². The first-order chi connectivity index (χ1) is 11.5. The molecule has 0 atom stereocenters. The van der Waals surface area contributed by atoms with E-state index in [9.17, 15) is 4.79 Å². The zero-order valence-corrected chi connectivity index (χ0v) is 14.9. The van der Waals surface area contributed by atoms with Crippen LogP contribution in [-0.2, 0) is 11.2 Å². The van der Waals surface area contributed by atoms with Crippen molar-refractivity contribution in [3.05, 3.63) is 41.4 Å². The molecule has 0 saturated carbocycles. The molecule has 1 amide bonds. The molecule has 1 aromatic carbocycles. The van der Waals surface area contributed by atoms with Gasteiger partial charge in [0.1, 0.15) is 0 Å². The van der Waals surface area contributed by atoms with Crippen LogP contribution < -0.4 is 11.1 Å². The Morgan fingerprint density at radius 2 is 2.04 bits per heavy atom. The fraction of sp³-hybridized carbons (Fsp3) is 0.444. The first-order valence-electron chi connectivity index (χ1n) is 8.22. The summed E-state index contributed by atoms with van der Waals surface area (Å²) < 4.78 is 5.69. The predicted octanol–water partition coefficient (Wildman–Crippen LogP) is 3.56. The van der Waals surface area contributed by atoms with Crippen LogP contribution in [0.1, 0.15) is 39.0 Å². The highest BCUT2D eigenvalue weighted by Crippen LogP contribution is 2.28. The van der Waals surface area contributed by atoms with Crippen molar-refractivity contribution in [3.8, 4) is 11.3 Å². The third kappa shape index (κ3) is 4.82. The molecule has 2 aromatic rings. The van der Waals surface area contributed by atoms with Crippen LogP contribution in [0, 0.1) is 0 Å².